The minimum atomic E-state index is -0.831. The molecular formula is C31H35BO12. The van der Waals surface area contributed by atoms with Crippen LogP contribution >= 0.6 is 0 Å². The van der Waals surface area contributed by atoms with E-state index in [2.05, 4.69) is 13.2 Å². The molecule has 1 saturated heterocycles. The topological polar surface area (TPSA) is 142 Å². The van der Waals surface area contributed by atoms with Gasteiger partial charge in [0.15, 0.2) is 0 Å². The summed E-state index contributed by atoms with van der Waals surface area (Å²) < 4.78 is 42.0. The molecule has 0 spiro atoms. The average Bonchev–Trinajstić information content (AvgIpc) is 3.04. The Morgan fingerprint density at radius 2 is 1.07 bits per heavy atom. The summed E-state index contributed by atoms with van der Waals surface area (Å²) in [7, 11) is -0.575. The molecule has 1 aliphatic rings. The molecule has 1 heterocycles. The lowest BCUT2D eigenvalue weighted by atomic mass is 9.77. The van der Waals surface area contributed by atoms with Crippen molar-refractivity contribution >= 4 is 36.8 Å². The van der Waals surface area contributed by atoms with Crippen LogP contribution in [0.5, 0.6) is 11.5 Å². The van der Waals surface area contributed by atoms with Gasteiger partial charge in [-0.1, -0.05) is 37.4 Å². The summed E-state index contributed by atoms with van der Waals surface area (Å²) in [5.74, 6) is -0.353. The minimum Gasteiger partial charge on any atom is -0.463 e. The fraction of sp³-hybridized carbons (Fsp3) is 0.355. The van der Waals surface area contributed by atoms with Crippen molar-refractivity contribution in [2.24, 2.45) is 0 Å². The van der Waals surface area contributed by atoms with E-state index < -0.39 is 31.4 Å². The summed E-state index contributed by atoms with van der Waals surface area (Å²) in [6.07, 6.45) is 2.66. The zero-order valence-corrected chi connectivity index (χ0v) is 24.3. The van der Waals surface area contributed by atoms with E-state index in [0.717, 1.165) is 23.2 Å². The van der Waals surface area contributed by atoms with E-state index in [4.69, 9.17) is 37.7 Å². The molecule has 3 rings (SSSR count). The number of ether oxygens (including phenoxy) is 6. The Hall–Kier alpha value is -4.62. The molecule has 2 aromatic rings. The predicted molar refractivity (Wildman–Crippen MR) is 158 cm³/mol. The van der Waals surface area contributed by atoms with Crippen molar-refractivity contribution in [1.82, 2.24) is 0 Å². The Bertz CT molecular complexity index is 1140. The van der Waals surface area contributed by atoms with Crippen molar-refractivity contribution in [2.75, 3.05) is 39.6 Å². The summed E-state index contributed by atoms with van der Waals surface area (Å²) in [5.41, 5.74) is 1.72. The average molecular weight is 610 g/mol. The molecule has 234 valence electrons. The highest BCUT2D eigenvalue weighted by Crippen LogP contribution is 2.24. The fourth-order valence-electron chi connectivity index (χ4n) is 3.82. The number of carbonyl (C=O) groups excluding carboxylic acids is 4. The van der Waals surface area contributed by atoms with Crippen LogP contribution in [0.4, 0.5) is 9.59 Å². The Morgan fingerprint density at radius 1 is 0.659 bits per heavy atom. The summed E-state index contributed by atoms with van der Waals surface area (Å²) in [5, 5.41) is 0. The second kappa shape index (κ2) is 18.8. The van der Waals surface area contributed by atoms with Crippen LogP contribution in [0.15, 0.2) is 73.8 Å². The van der Waals surface area contributed by atoms with E-state index in [-0.39, 0.29) is 32.3 Å². The Balaban J connectivity index is 1.32. The quantitative estimate of drug-likeness (QED) is 0.0669. The second-order valence-electron chi connectivity index (χ2n) is 9.39. The third-order valence-electron chi connectivity index (χ3n) is 6.14. The zero-order chi connectivity index (χ0) is 31.6. The summed E-state index contributed by atoms with van der Waals surface area (Å²) in [6.45, 7) is 8.16. The number of hydrogen-bond acceptors (Lipinski definition) is 12. The van der Waals surface area contributed by atoms with Crippen LogP contribution in [0.2, 0.25) is 0 Å². The maximum atomic E-state index is 11.9. The lowest BCUT2D eigenvalue weighted by Crippen LogP contribution is -2.43. The lowest BCUT2D eigenvalue weighted by molar-refractivity contribution is -0.138. The van der Waals surface area contributed by atoms with Gasteiger partial charge in [-0.05, 0) is 61.0 Å². The van der Waals surface area contributed by atoms with Gasteiger partial charge in [0.25, 0.3) is 0 Å². The molecule has 0 amide bonds. The highest BCUT2D eigenvalue weighted by Gasteiger charge is 2.30. The third kappa shape index (κ3) is 12.3. The molecule has 13 heteroatoms. The van der Waals surface area contributed by atoms with Crippen LogP contribution in [-0.4, -0.2) is 71.0 Å². The number of benzene rings is 2. The largest absolute Gasteiger partial charge is 0.513 e. The maximum Gasteiger partial charge on any atom is 0.513 e. The van der Waals surface area contributed by atoms with Crippen LogP contribution in [0.25, 0.3) is 0 Å². The van der Waals surface area contributed by atoms with Crippen LogP contribution < -0.4 is 14.9 Å². The highest BCUT2D eigenvalue weighted by molar-refractivity contribution is 6.61. The molecule has 0 atom stereocenters. The lowest BCUT2D eigenvalue weighted by Gasteiger charge is -2.28. The number of rotatable bonds is 16. The van der Waals surface area contributed by atoms with Gasteiger partial charge in [-0.2, -0.15) is 0 Å². The number of hydrogen-bond donors (Lipinski definition) is 0. The van der Waals surface area contributed by atoms with Gasteiger partial charge in [0.2, 0.25) is 0 Å². The fourth-order valence-corrected chi connectivity index (χ4v) is 3.82. The van der Waals surface area contributed by atoms with Gasteiger partial charge in [0.1, 0.15) is 11.5 Å². The summed E-state index contributed by atoms with van der Waals surface area (Å²) in [4.78, 5) is 45.7. The van der Waals surface area contributed by atoms with Crippen molar-refractivity contribution in [1.29, 1.82) is 0 Å². The van der Waals surface area contributed by atoms with Gasteiger partial charge >= 0.3 is 31.4 Å². The predicted octanol–water partition coefficient (Wildman–Crippen LogP) is 4.26. The first-order valence-corrected chi connectivity index (χ1v) is 14.1. The van der Waals surface area contributed by atoms with Gasteiger partial charge in [-0.15, -0.1) is 0 Å². The second-order valence-corrected chi connectivity index (χ2v) is 9.39. The molecule has 0 unspecified atom stereocenters. The first-order valence-electron chi connectivity index (χ1n) is 14.1. The van der Waals surface area contributed by atoms with Crippen LogP contribution in [0.3, 0.4) is 0 Å². The molecule has 2 aromatic carbocycles. The van der Waals surface area contributed by atoms with Gasteiger partial charge in [-0.3, -0.25) is 0 Å². The minimum absolute atomic E-state index is 0.0196. The summed E-state index contributed by atoms with van der Waals surface area (Å²) >= 11 is 0. The van der Waals surface area contributed by atoms with E-state index in [1.54, 1.807) is 36.4 Å². The SMILES string of the molecule is C=CC(=O)OCCCCOC(=O)Oc1ccc(B2OCC(c3ccc(OC(=O)OCCCCOC(=O)C=C)cc3)CO2)cc1. The molecule has 1 fully saturated rings. The Kier molecular flexibility index (Phi) is 14.5. The van der Waals surface area contributed by atoms with Gasteiger partial charge in [0, 0.05) is 31.3 Å². The smallest absolute Gasteiger partial charge is 0.463 e. The van der Waals surface area contributed by atoms with Gasteiger partial charge in [-0.25, -0.2) is 19.2 Å². The van der Waals surface area contributed by atoms with Crippen molar-refractivity contribution in [2.45, 2.75) is 31.6 Å². The van der Waals surface area contributed by atoms with Gasteiger partial charge < -0.3 is 37.7 Å². The number of carbonyl (C=O) groups is 4. The first-order chi connectivity index (χ1) is 21.4. The van der Waals surface area contributed by atoms with Crippen LogP contribution in [0.1, 0.15) is 37.2 Å². The maximum absolute atomic E-state index is 11.9. The van der Waals surface area contributed by atoms with Crippen LogP contribution in [0, 0.1) is 0 Å². The molecule has 12 nitrogen and oxygen atoms in total. The molecule has 0 aliphatic carbocycles. The van der Waals surface area contributed by atoms with E-state index >= 15 is 0 Å². The van der Waals surface area contributed by atoms with Crippen molar-refractivity contribution in [3.8, 4) is 11.5 Å². The van der Waals surface area contributed by atoms with E-state index in [9.17, 15) is 19.2 Å². The Morgan fingerprint density at radius 3 is 1.50 bits per heavy atom. The molecular weight excluding hydrogens is 575 g/mol. The molecule has 0 aromatic heterocycles. The van der Waals surface area contributed by atoms with Crippen molar-refractivity contribution in [3.05, 3.63) is 79.4 Å². The first kappa shape index (κ1) is 33.9. The van der Waals surface area contributed by atoms with Crippen molar-refractivity contribution in [3.63, 3.8) is 0 Å². The van der Waals surface area contributed by atoms with E-state index in [1.165, 1.54) is 0 Å². The molecule has 0 radical (unpaired) electrons. The zero-order valence-electron chi connectivity index (χ0n) is 24.3. The molecule has 0 N–H and O–H groups in total. The van der Waals surface area contributed by atoms with E-state index in [0.29, 0.717) is 50.4 Å². The number of unbranched alkanes of at least 4 members (excludes halogenated alkanes) is 2. The third-order valence-corrected chi connectivity index (χ3v) is 6.14. The number of esters is 2. The highest BCUT2D eigenvalue weighted by atomic mass is 16.7. The molecule has 1 aliphatic heterocycles. The normalized spacial score (nSPS) is 12.9. The van der Waals surface area contributed by atoms with Crippen LogP contribution in [-0.2, 0) is 37.8 Å². The molecule has 0 bridgehead atoms. The monoisotopic (exact) mass is 610 g/mol. The summed E-state index contributed by atoms with van der Waals surface area (Å²) in [6, 6.07) is 13.7. The Labute approximate surface area is 255 Å². The molecule has 0 saturated carbocycles. The standard InChI is InChI=1S/C31H35BO12/c1-3-28(33)37-17-5-7-19-39-30(35)43-26-13-9-23(10-14-26)24-21-41-32(42-22-24)25-11-15-27(16-12-25)44-31(36)40-20-8-6-18-38-29(34)4-2/h3-4,9-16,24H,1-2,5-8,17-22H2. The van der Waals surface area contributed by atoms with Crippen molar-refractivity contribution < 1.29 is 56.9 Å². The van der Waals surface area contributed by atoms with E-state index in [1.807, 2.05) is 12.1 Å². The molecule has 44 heavy (non-hydrogen) atoms. The van der Waals surface area contributed by atoms with Gasteiger partial charge in [0.05, 0.1) is 26.4 Å².